The first-order valence-corrected chi connectivity index (χ1v) is 7.89. The van der Waals surface area contributed by atoms with Gasteiger partial charge in [-0.1, -0.05) is 11.6 Å². The molecule has 1 aromatic heterocycles. The molecule has 7 heteroatoms. The van der Waals surface area contributed by atoms with Gasteiger partial charge >= 0.3 is 0 Å². The maximum absolute atomic E-state index is 12.6. The number of imide groups is 1. The topological polar surface area (TPSA) is 92.3 Å². The van der Waals surface area contributed by atoms with E-state index in [-0.39, 0.29) is 0 Å². The zero-order valence-corrected chi connectivity index (χ0v) is 14.5. The van der Waals surface area contributed by atoms with Gasteiger partial charge < -0.3 is 5.32 Å². The van der Waals surface area contributed by atoms with Gasteiger partial charge in [-0.05, 0) is 39.8 Å². The van der Waals surface area contributed by atoms with Crippen LogP contribution in [-0.4, -0.2) is 38.6 Å². The van der Waals surface area contributed by atoms with E-state index in [9.17, 15) is 14.4 Å². The smallest absolute Gasteiger partial charge is 0.262 e. The molecule has 2 aromatic rings. The average molecular weight is 338 g/mol. The summed E-state index contributed by atoms with van der Waals surface area (Å²) in [7, 11) is 0. The molecule has 128 valence electrons. The van der Waals surface area contributed by atoms with E-state index < -0.39 is 23.8 Å². The van der Waals surface area contributed by atoms with Crippen molar-refractivity contribution < 1.29 is 14.4 Å². The lowest BCUT2D eigenvalue weighted by Gasteiger charge is -2.21. The van der Waals surface area contributed by atoms with E-state index in [1.807, 2.05) is 6.92 Å². The Labute approximate surface area is 145 Å². The van der Waals surface area contributed by atoms with Crippen LogP contribution in [0.25, 0.3) is 0 Å². The highest BCUT2D eigenvalue weighted by atomic mass is 16.2. The fourth-order valence-corrected chi connectivity index (χ4v) is 2.85. The quantitative estimate of drug-likeness (QED) is 0.865. The molecule has 0 saturated heterocycles. The van der Waals surface area contributed by atoms with Gasteiger partial charge in [-0.2, -0.15) is 0 Å². The molecule has 0 fully saturated rings. The van der Waals surface area contributed by atoms with Crippen LogP contribution >= 0.6 is 0 Å². The molecule has 1 unspecified atom stereocenters. The second-order valence-corrected chi connectivity index (χ2v) is 6.14. The second-order valence-electron chi connectivity index (χ2n) is 6.14. The van der Waals surface area contributed by atoms with Crippen LogP contribution in [0.3, 0.4) is 0 Å². The number of hydrogen-bond acceptors (Lipinski definition) is 5. The molecule has 25 heavy (non-hydrogen) atoms. The first kappa shape index (κ1) is 16.8. The molecule has 2 heterocycles. The summed E-state index contributed by atoms with van der Waals surface area (Å²) < 4.78 is 0. The number of carbonyl (C=O) groups is 3. The predicted molar refractivity (Wildman–Crippen MR) is 91.3 cm³/mol. The number of rotatable bonds is 3. The number of carbonyl (C=O) groups excluding carboxylic acids is 3. The molecule has 0 radical (unpaired) electrons. The van der Waals surface area contributed by atoms with Crippen LogP contribution in [0.15, 0.2) is 24.3 Å². The number of fused-ring (bicyclic) bond motifs is 1. The number of hydrogen-bond donors (Lipinski definition) is 1. The van der Waals surface area contributed by atoms with Gasteiger partial charge in [-0.3, -0.25) is 19.3 Å². The van der Waals surface area contributed by atoms with Gasteiger partial charge in [0.25, 0.3) is 11.8 Å². The lowest BCUT2D eigenvalue weighted by Crippen LogP contribution is -2.45. The summed E-state index contributed by atoms with van der Waals surface area (Å²) in [6.07, 6.45) is 0. The number of anilines is 1. The lowest BCUT2D eigenvalue weighted by atomic mass is 10.1. The summed E-state index contributed by atoms with van der Waals surface area (Å²) in [5.41, 5.74) is 2.25. The van der Waals surface area contributed by atoms with Crippen molar-refractivity contribution >= 4 is 23.5 Å². The number of benzene rings is 1. The first-order valence-electron chi connectivity index (χ1n) is 7.89. The third-order valence-corrected chi connectivity index (χ3v) is 4.06. The summed E-state index contributed by atoms with van der Waals surface area (Å²) in [5.74, 6) is -0.531. The van der Waals surface area contributed by atoms with E-state index in [1.165, 1.54) is 6.92 Å². The van der Waals surface area contributed by atoms with Crippen molar-refractivity contribution in [2.45, 2.75) is 33.7 Å². The molecule has 1 aliphatic rings. The first-order chi connectivity index (χ1) is 11.8. The zero-order valence-electron chi connectivity index (χ0n) is 14.5. The number of amides is 3. The second kappa shape index (κ2) is 6.08. The van der Waals surface area contributed by atoms with E-state index in [0.29, 0.717) is 28.5 Å². The highest BCUT2D eigenvalue weighted by Crippen LogP contribution is 2.26. The molecule has 7 nitrogen and oxygen atoms in total. The van der Waals surface area contributed by atoms with Crippen molar-refractivity contribution in [3.63, 3.8) is 0 Å². The Morgan fingerprint density at radius 1 is 1.04 bits per heavy atom. The van der Waals surface area contributed by atoms with Crippen LogP contribution in [0.5, 0.6) is 0 Å². The normalized spacial score (nSPS) is 14.5. The Kier molecular flexibility index (Phi) is 4.08. The van der Waals surface area contributed by atoms with Crippen LogP contribution in [0.1, 0.15) is 44.7 Å². The molecule has 1 aromatic carbocycles. The molecule has 1 atom stereocenters. The van der Waals surface area contributed by atoms with E-state index in [0.717, 1.165) is 10.5 Å². The molecule has 1 N–H and O–H groups in total. The van der Waals surface area contributed by atoms with E-state index in [1.54, 1.807) is 38.1 Å². The maximum Gasteiger partial charge on any atom is 0.262 e. The van der Waals surface area contributed by atoms with Crippen LogP contribution in [0.2, 0.25) is 0 Å². The highest BCUT2D eigenvalue weighted by Gasteiger charge is 2.40. The Morgan fingerprint density at radius 2 is 1.72 bits per heavy atom. The van der Waals surface area contributed by atoms with Crippen molar-refractivity contribution in [3.8, 4) is 0 Å². The lowest BCUT2D eigenvalue weighted by molar-refractivity contribution is -0.119. The van der Waals surface area contributed by atoms with Crippen molar-refractivity contribution in [1.29, 1.82) is 0 Å². The van der Waals surface area contributed by atoms with Crippen LogP contribution in [-0.2, 0) is 4.79 Å². The number of nitrogens with one attached hydrogen (secondary N) is 1. The Balaban J connectivity index is 1.83. The van der Waals surface area contributed by atoms with Gasteiger partial charge in [0.05, 0.1) is 11.1 Å². The third kappa shape index (κ3) is 3.00. The summed E-state index contributed by atoms with van der Waals surface area (Å²) in [4.78, 5) is 46.9. The number of aromatic nitrogens is 2. The van der Waals surface area contributed by atoms with Crippen LogP contribution in [0.4, 0.5) is 5.82 Å². The third-order valence-electron chi connectivity index (χ3n) is 4.06. The summed E-state index contributed by atoms with van der Waals surface area (Å²) in [6, 6.07) is 5.72. The summed E-state index contributed by atoms with van der Waals surface area (Å²) >= 11 is 0. The van der Waals surface area contributed by atoms with Crippen molar-refractivity contribution in [2.24, 2.45) is 0 Å². The standard InChI is InChI=1S/C18H18N4O3/c1-9-5-6-13-14(7-9)18(25)22(17(13)24)11(3)16(23)21-15-8-10(2)19-12(4)20-15/h5-8,11H,1-4H3,(H,19,20,21,23). The van der Waals surface area contributed by atoms with Gasteiger partial charge in [0.1, 0.15) is 17.7 Å². The van der Waals surface area contributed by atoms with Gasteiger partial charge in [0.15, 0.2) is 0 Å². The molecule has 0 bridgehead atoms. The number of aryl methyl sites for hydroxylation is 3. The summed E-state index contributed by atoms with van der Waals surface area (Å²) in [6.45, 7) is 6.88. The molecule has 0 spiro atoms. The fourth-order valence-electron chi connectivity index (χ4n) is 2.85. The molecular weight excluding hydrogens is 320 g/mol. The minimum absolute atomic E-state index is 0.323. The molecule has 3 rings (SSSR count). The van der Waals surface area contributed by atoms with Gasteiger partial charge in [0.2, 0.25) is 5.91 Å². The van der Waals surface area contributed by atoms with Crippen LogP contribution in [0, 0.1) is 20.8 Å². The molecular formula is C18H18N4O3. The van der Waals surface area contributed by atoms with Crippen molar-refractivity contribution in [2.75, 3.05) is 5.32 Å². The van der Waals surface area contributed by atoms with E-state index in [2.05, 4.69) is 15.3 Å². The Bertz CT molecular complexity index is 887. The minimum Gasteiger partial charge on any atom is -0.309 e. The molecule has 3 amide bonds. The Hall–Kier alpha value is -3.09. The van der Waals surface area contributed by atoms with Gasteiger partial charge in [-0.25, -0.2) is 9.97 Å². The predicted octanol–water partition coefficient (Wildman–Crippen LogP) is 2.03. The SMILES string of the molecule is Cc1ccc2c(c1)C(=O)N(C(C)C(=O)Nc1cc(C)nc(C)n1)C2=O. The van der Waals surface area contributed by atoms with E-state index >= 15 is 0 Å². The van der Waals surface area contributed by atoms with Gasteiger partial charge in [0, 0.05) is 11.8 Å². The fraction of sp³-hybridized carbons (Fsp3) is 0.278. The van der Waals surface area contributed by atoms with Crippen molar-refractivity contribution in [3.05, 3.63) is 52.5 Å². The average Bonchev–Trinajstić information content (AvgIpc) is 2.76. The molecule has 1 aliphatic heterocycles. The minimum atomic E-state index is -0.955. The van der Waals surface area contributed by atoms with Gasteiger partial charge in [-0.15, -0.1) is 0 Å². The number of nitrogens with zero attached hydrogens (tertiary/aromatic N) is 3. The maximum atomic E-state index is 12.6. The zero-order chi connectivity index (χ0) is 18.3. The van der Waals surface area contributed by atoms with Crippen LogP contribution < -0.4 is 5.32 Å². The van der Waals surface area contributed by atoms with Crippen molar-refractivity contribution in [1.82, 2.24) is 14.9 Å². The van der Waals surface area contributed by atoms with E-state index in [4.69, 9.17) is 0 Å². The highest BCUT2D eigenvalue weighted by molar-refractivity contribution is 6.23. The monoisotopic (exact) mass is 338 g/mol. The molecule has 0 saturated carbocycles. The molecule has 0 aliphatic carbocycles. The Morgan fingerprint density at radius 3 is 2.40 bits per heavy atom. The largest absolute Gasteiger partial charge is 0.309 e. The summed E-state index contributed by atoms with van der Waals surface area (Å²) in [5, 5.41) is 2.64.